The lowest BCUT2D eigenvalue weighted by Crippen LogP contribution is -2.28. The molecule has 3 rings (SSSR count). The average Bonchev–Trinajstić information content (AvgIpc) is 3.11. The van der Waals surface area contributed by atoms with Crippen molar-refractivity contribution in [1.29, 1.82) is 0 Å². The minimum Gasteiger partial charge on any atom is -0.493 e. The Balaban J connectivity index is 2.16. The molecule has 0 saturated carbocycles. The fraction of sp³-hybridized carbons (Fsp3) is 0.250. The van der Waals surface area contributed by atoms with Crippen LogP contribution in [0.15, 0.2) is 46.9 Å². The van der Waals surface area contributed by atoms with Crippen molar-refractivity contribution in [1.82, 2.24) is 4.90 Å². The Kier molecular flexibility index (Phi) is 6.71. The molecule has 162 valence electrons. The van der Waals surface area contributed by atoms with Crippen molar-refractivity contribution in [2.75, 3.05) is 25.9 Å². The van der Waals surface area contributed by atoms with Crippen molar-refractivity contribution in [2.24, 2.45) is 0 Å². The van der Waals surface area contributed by atoms with E-state index < -0.39 is 0 Å². The molecule has 0 spiro atoms. The summed E-state index contributed by atoms with van der Waals surface area (Å²) in [6.45, 7) is 6.92. The van der Waals surface area contributed by atoms with Gasteiger partial charge in [0.15, 0.2) is 17.1 Å². The summed E-state index contributed by atoms with van der Waals surface area (Å²) < 4.78 is 11.3. The van der Waals surface area contributed by atoms with Gasteiger partial charge in [-0.1, -0.05) is 17.7 Å². The number of ketones is 1. The molecular formula is C24H25ClN2O4. The second-order valence-corrected chi connectivity index (χ2v) is 7.47. The van der Waals surface area contributed by atoms with E-state index in [4.69, 9.17) is 26.5 Å². The van der Waals surface area contributed by atoms with Gasteiger partial charge in [0.2, 0.25) is 11.7 Å². The van der Waals surface area contributed by atoms with Crippen molar-refractivity contribution in [3.05, 3.63) is 64.4 Å². The molecule has 0 aliphatic rings. The number of benzene rings is 2. The van der Waals surface area contributed by atoms with Gasteiger partial charge < -0.3 is 19.8 Å². The standard InChI is InChI=1S/C24H25ClN2O4/c1-5-27(6-2)19(28)13-14(3)17-11-12-18(30-4)23-20(17)21(26)24(31-23)22(29)15-7-9-16(25)10-8-15/h7-13H,5-6,26H2,1-4H3/b14-13+. The lowest BCUT2D eigenvalue weighted by molar-refractivity contribution is -0.125. The van der Waals surface area contributed by atoms with E-state index in [1.807, 2.05) is 26.8 Å². The number of carbonyl (C=O) groups is 2. The number of likely N-dealkylation sites (N-methyl/N-ethyl adjacent to an activating group) is 1. The van der Waals surface area contributed by atoms with Crippen LogP contribution in [0.25, 0.3) is 16.5 Å². The highest BCUT2D eigenvalue weighted by Gasteiger charge is 2.25. The maximum Gasteiger partial charge on any atom is 0.246 e. The first-order valence-corrected chi connectivity index (χ1v) is 10.4. The number of nitrogen functional groups attached to an aromatic ring is 1. The van der Waals surface area contributed by atoms with Crippen LogP contribution in [-0.2, 0) is 4.79 Å². The lowest BCUT2D eigenvalue weighted by atomic mass is 9.99. The van der Waals surface area contributed by atoms with Gasteiger partial charge in [0.05, 0.1) is 18.2 Å². The SMILES string of the molecule is CCN(CC)C(=O)/C=C(\C)c1ccc(OC)c2oc(C(=O)c3ccc(Cl)cc3)c(N)c12. The third kappa shape index (κ3) is 4.30. The van der Waals surface area contributed by atoms with Crippen molar-refractivity contribution in [3.8, 4) is 5.75 Å². The first-order valence-electron chi connectivity index (χ1n) is 9.99. The molecule has 0 atom stereocenters. The highest BCUT2D eigenvalue weighted by molar-refractivity contribution is 6.30. The first kappa shape index (κ1) is 22.4. The minimum atomic E-state index is -0.362. The largest absolute Gasteiger partial charge is 0.493 e. The van der Waals surface area contributed by atoms with E-state index in [9.17, 15) is 9.59 Å². The number of hydrogen-bond acceptors (Lipinski definition) is 5. The Morgan fingerprint density at radius 2 is 1.77 bits per heavy atom. The Morgan fingerprint density at radius 3 is 2.35 bits per heavy atom. The molecule has 0 radical (unpaired) electrons. The van der Waals surface area contributed by atoms with Crippen LogP contribution in [0.2, 0.25) is 5.02 Å². The predicted molar refractivity (Wildman–Crippen MR) is 124 cm³/mol. The number of carbonyl (C=O) groups excluding carboxylic acids is 2. The highest BCUT2D eigenvalue weighted by atomic mass is 35.5. The van der Waals surface area contributed by atoms with Gasteiger partial charge in [-0.25, -0.2) is 0 Å². The highest BCUT2D eigenvalue weighted by Crippen LogP contribution is 2.40. The number of nitrogens with zero attached hydrogens (tertiary/aromatic N) is 1. The van der Waals surface area contributed by atoms with Crippen LogP contribution < -0.4 is 10.5 Å². The zero-order chi connectivity index (χ0) is 22.7. The molecule has 31 heavy (non-hydrogen) atoms. The normalized spacial score (nSPS) is 11.6. The minimum absolute atomic E-state index is 0.0194. The Hall–Kier alpha value is -3.25. The number of methoxy groups -OCH3 is 1. The number of allylic oxidation sites excluding steroid dienone is 1. The number of anilines is 1. The molecule has 1 heterocycles. The summed E-state index contributed by atoms with van der Waals surface area (Å²) in [7, 11) is 1.51. The van der Waals surface area contributed by atoms with Gasteiger partial charge in [-0.05, 0) is 62.2 Å². The van der Waals surface area contributed by atoms with Crippen LogP contribution in [-0.4, -0.2) is 36.8 Å². The van der Waals surface area contributed by atoms with Gasteiger partial charge in [-0.2, -0.15) is 0 Å². The average molecular weight is 441 g/mol. The van der Waals surface area contributed by atoms with Gasteiger partial charge in [-0.3, -0.25) is 9.59 Å². The van der Waals surface area contributed by atoms with Crippen LogP contribution in [0.3, 0.4) is 0 Å². The molecule has 0 bridgehead atoms. The van der Waals surface area contributed by atoms with Crippen LogP contribution in [0.4, 0.5) is 5.69 Å². The summed E-state index contributed by atoms with van der Waals surface area (Å²) in [5.74, 6) is 0.0136. The first-order chi connectivity index (χ1) is 14.8. The molecule has 0 fully saturated rings. The quantitative estimate of drug-likeness (QED) is 0.404. The van der Waals surface area contributed by atoms with Crippen molar-refractivity contribution >= 4 is 45.5 Å². The van der Waals surface area contributed by atoms with Crippen molar-refractivity contribution in [3.63, 3.8) is 0 Å². The summed E-state index contributed by atoms with van der Waals surface area (Å²) in [6.07, 6.45) is 1.57. The zero-order valence-corrected chi connectivity index (χ0v) is 18.7. The van der Waals surface area contributed by atoms with Gasteiger partial charge in [0, 0.05) is 29.8 Å². The Labute approximate surface area is 186 Å². The van der Waals surface area contributed by atoms with E-state index in [1.54, 1.807) is 41.3 Å². The smallest absolute Gasteiger partial charge is 0.246 e. The van der Waals surface area contributed by atoms with Crippen molar-refractivity contribution in [2.45, 2.75) is 20.8 Å². The topological polar surface area (TPSA) is 85.8 Å². The number of hydrogen-bond donors (Lipinski definition) is 1. The molecular weight excluding hydrogens is 416 g/mol. The van der Waals surface area contributed by atoms with Crippen LogP contribution in [0, 0.1) is 0 Å². The second kappa shape index (κ2) is 9.27. The number of nitrogens with two attached hydrogens (primary N) is 1. The third-order valence-electron chi connectivity index (χ3n) is 5.21. The molecule has 7 heteroatoms. The fourth-order valence-electron chi connectivity index (χ4n) is 3.48. The maximum absolute atomic E-state index is 13.0. The Morgan fingerprint density at radius 1 is 1.13 bits per heavy atom. The van der Waals surface area contributed by atoms with E-state index >= 15 is 0 Å². The van der Waals surface area contributed by atoms with E-state index in [2.05, 4.69) is 0 Å². The van der Waals surface area contributed by atoms with E-state index in [-0.39, 0.29) is 23.1 Å². The number of halogens is 1. The zero-order valence-electron chi connectivity index (χ0n) is 18.0. The number of rotatable bonds is 7. The lowest BCUT2D eigenvalue weighted by Gasteiger charge is -2.17. The Bertz CT molecular complexity index is 1160. The fourth-order valence-corrected chi connectivity index (χ4v) is 3.61. The third-order valence-corrected chi connectivity index (χ3v) is 5.46. The molecule has 2 N–H and O–H groups in total. The van der Waals surface area contributed by atoms with Crippen LogP contribution in [0.1, 0.15) is 42.5 Å². The molecule has 0 aliphatic heterocycles. The van der Waals surface area contributed by atoms with Gasteiger partial charge >= 0.3 is 0 Å². The maximum atomic E-state index is 13.0. The molecule has 1 amide bonds. The summed E-state index contributed by atoms with van der Waals surface area (Å²) >= 11 is 5.92. The molecule has 3 aromatic rings. The predicted octanol–water partition coefficient (Wildman–Crippen LogP) is 5.18. The molecule has 1 aromatic heterocycles. The number of ether oxygens (including phenoxy) is 1. The van der Waals surface area contributed by atoms with Crippen LogP contribution in [0.5, 0.6) is 5.75 Å². The van der Waals surface area contributed by atoms with Crippen molar-refractivity contribution < 1.29 is 18.7 Å². The molecule has 0 aliphatic carbocycles. The van der Waals surface area contributed by atoms with E-state index in [0.717, 1.165) is 0 Å². The summed E-state index contributed by atoms with van der Waals surface area (Å²) in [5, 5.41) is 1.06. The second-order valence-electron chi connectivity index (χ2n) is 7.04. The molecule has 0 unspecified atom stereocenters. The monoisotopic (exact) mass is 440 g/mol. The van der Waals surface area contributed by atoms with Gasteiger partial charge in [0.25, 0.3) is 0 Å². The molecule has 0 saturated heterocycles. The summed E-state index contributed by atoms with van der Waals surface area (Å²) in [4.78, 5) is 27.3. The molecule has 6 nitrogen and oxygen atoms in total. The van der Waals surface area contributed by atoms with Gasteiger partial charge in [0.1, 0.15) is 0 Å². The number of amides is 1. The van der Waals surface area contributed by atoms with E-state index in [0.29, 0.717) is 51.5 Å². The molecule has 2 aromatic carbocycles. The summed E-state index contributed by atoms with van der Waals surface area (Å²) in [5.41, 5.74) is 8.77. The summed E-state index contributed by atoms with van der Waals surface area (Å²) in [6, 6.07) is 10.0. The number of fused-ring (bicyclic) bond motifs is 1. The van der Waals surface area contributed by atoms with E-state index in [1.165, 1.54) is 7.11 Å². The number of furan rings is 1. The van der Waals surface area contributed by atoms with Crippen LogP contribution >= 0.6 is 11.6 Å². The van der Waals surface area contributed by atoms with Gasteiger partial charge in [-0.15, -0.1) is 0 Å².